The van der Waals surface area contributed by atoms with Gasteiger partial charge in [-0.25, -0.2) is 4.98 Å². The van der Waals surface area contributed by atoms with Gasteiger partial charge in [-0.15, -0.1) is 0 Å². The standard InChI is InChI=1S/C24H20N2O3/c1-2-29-19-11-8-16(9-12-19)14-22-24(28)26-20-13-10-18(15-21(20)25-22)23(27)17-6-4-3-5-7-17/h3-13,15H,2,14H2,1H3,(H,26,28). The number of aromatic amines is 1. The molecule has 5 heteroatoms. The molecule has 4 aromatic rings. The second kappa shape index (κ2) is 8.10. The van der Waals surface area contributed by atoms with Crippen LogP contribution in [-0.4, -0.2) is 22.4 Å². The van der Waals surface area contributed by atoms with Crippen LogP contribution in [-0.2, 0) is 6.42 Å². The molecule has 0 spiro atoms. The molecule has 0 saturated heterocycles. The zero-order chi connectivity index (χ0) is 20.2. The van der Waals surface area contributed by atoms with Crippen LogP contribution in [0.2, 0.25) is 0 Å². The SMILES string of the molecule is CCOc1ccc(Cc2nc3cc(C(=O)c4ccccc4)ccc3[nH]c2=O)cc1. The normalized spacial score (nSPS) is 10.8. The molecule has 1 heterocycles. The molecule has 0 unspecified atom stereocenters. The molecular weight excluding hydrogens is 364 g/mol. The zero-order valence-corrected chi connectivity index (χ0v) is 16.0. The summed E-state index contributed by atoms with van der Waals surface area (Å²) in [6, 6.07) is 21.9. The summed E-state index contributed by atoms with van der Waals surface area (Å²) in [4.78, 5) is 32.5. The van der Waals surface area contributed by atoms with E-state index in [9.17, 15) is 9.59 Å². The molecule has 0 atom stereocenters. The van der Waals surface area contributed by atoms with Crippen molar-refractivity contribution in [3.63, 3.8) is 0 Å². The maximum Gasteiger partial charge on any atom is 0.270 e. The van der Waals surface area contributed by atoms with E-state index in [0.717, 1.165) is 11.3 Å². The minimum Gasteiger partial charge on any atom is -0.494 e. The summed E-state index contributed by atoms with van der Waals surface area (Å²) in [6.07, 6.45) is 0.397. The van der Waals surface area contributed by atoms with Crippen molar-refractivity contribution < 1.29 is 9.53 Å². The first kappa shape index (κ1) is 18.6. The molecule has 1 aromatic heterocycles. The lowest BCUT2D eigenvalue weighted by Gasteiger charge is -2.07. The number of hydrogen-bond donors (Lipinski definition) is 1. The monoisotopic (exact) mass is 384 g/mol. The largest absolute Gasteiger partial charge is 0.494 e. The van der Waals surface area contributed by atoms with E-state index in [4.69, 9.17) is 4.74 Å². The molecule has 0 amide bonds. The van der Waals surface area contributed by atoms with Crippen LogP contribution in [0, 0.1) is 0 Å². The summed E-state index contributed by atoms with van der Waals surface area (Å²) >= 11 is 0. The molecule has 0 radical (unpaired) electrons. The topological polar surface area (TPSA) is 72.0 Å². The van der Waals surface area contributed by atoms with Gasteiger partial charge in [-0.3, -0.25) is 9.59 Å². The van der Waals surface area contributed by atoms with Gasteiger partial charge in [-0.2, -0.15) is 0 Å². The second-order valence-electron chi connectivity index (χ2n) is 6.69. The Labute approximate surface area is 168 Å². The average molecular weight is 384 g/mol. The highest BCUT2D eigenvalue weighted by molar-refractivity contribution is 6.10. The Morgan fingerprint density at radius 1 is 0.966 bits per heavy atom. The van der Waals surface area contributed by atoms with Gasteiger partial charge in [0.05, 0.1) is 17.6 Å². The molecule has 0 aliphatic carbocycles. The van der Waals surface area contributed by atoms with Crippen LogP contribution in [0.1, 0.15) is 34.1 Å². The van der Waals surface area contributed by atoms with Crippen LogP contribution in [0.15, 0.2) is 77.6 Å². The minimum atomic E-state index is -0.228. The van der Waals surface area contributed by atoms with Crippen molar-refractivity contribution in [3.8, 4) is 5.75 Å². The Bertz CT molecular complexity index is 1210. The first-order valence-corrected chi connectivity index (χ1v) is 9.48. The molecule has 5 nitrogen and oxygen atoms in total. The van der Waals surface area contributed by atoms with Gasteiger partial charge in [0.15, 0.2) is 5.78 Å². The van der Waals surface area contributed by atoms with Crippen LogP contribution in [0.3, 0.4) is 0 Å². The van der Waals surface area contributed by atoms with Crippen LogP contribution in [0.4, 0.5) is 0 Å². The lowest BCUT2D eigenvalue weighted by atomic mass is 10.0. The Kier molecular flexibility index (Phi) is 5.20. The molecule has 4 rings (SSSR count). The van der Waals surface area contributed by atoms with Crippen molar-refractivity contribution >= 4 is 16.8 Å². The zero-order valence-electron chi connectivity index (χ0n) is 16.0. The maximum absolute atomic E-state index is 12.7. The number of ketones is 1. The van der Waals surface area contributed by atoms with Crippen molar-refractivity contribution in [2.45, 2.75) is 13.3 Å². The van der Waals surface area contributed by atoms with Gasteiger partial charge in [-0.05, 0) is 42.8 Å². The number of benzene rings is 3. The third-order valence-electron chi connectivity index (χ3n) is 4.67. The van der Waals surface area contributed by atoms with Crippen molar-refractivity contribution in [2.75, 3.05) is 6.61 Å². The van der Waals surface area contributed by atoms with Gasteiger partial charge in [0, 0.05) is 17.5 Å². The molecule has 0 bridgehead atoms. The fourth-order valence-electron chi connectivity index (χ4n) is 3.20. The number of hydrogen-bond acceptors (Lipinski definition) is 4. The summed E-state index contributed by atoms with van der Waals surface area (Å²) < 4.78 is 5.45. The van der Waals surface area contributed by atoms with Crippen molar-refractivity contribution in [1.82, 2.24) is 9.97 Å². The highest BCUT2D eigenvalue weighted by atomic mass is 16.5. The number of ether oxygens (including phenoxy) is 1. The predicted molar refractivity (Wildman–Crippen MR) is 113 cm³/mol. The summed E-state index contributed by atoms with van der Waals surface area (Å²) in [5, 5.41) is 0. The van der Waals surface area contributed by atoms with Crippen LogP contribution < -0.4 is 10.3 Å². The van der Waals surface area contributed by atoms with Gasteiger partial charge in [0.25, 0.3) is 5.56 Å². The quantitative estimate of drug-likeness (QED) is 0.507. The third kappa shape index (κ3) is 4.09. The van der Waals surface area contributed by atoms with Crippen LogP contribution in [0.5, 0.6) is 5.75 Å². The summed E-state index contributed by atoms with van der Waals surface area (Å²) in [7, 11) is 0. The number of fused-ring (bicyclic) bond motifs is 1. The summed E-state index contributed by atoms with van der Waals surface area (Å²) in [6.45, 7) is 2.54. The van der Waals surface area contributed by atoms with Crippen LogP contribution in [0.25, 0.3) is 11.0 Å². The summed E-state index contributed by atoms with van der Waals surface area (Å²) in [5.41, 5.74) is 3.49. The summed E-state index contributed by atoms with van der Waals surface area (Å²) in [5.74, 6) is 0.717. The highest BCUT2D eigenvalue weighted by Gasteiger charge is 2.12. The number of aromatic nitrogens is 2. The van der Waals surface area contributed by atoms with E-state index in [1.54, 1.807) is 30.3 Å². The third-order valence-corrected chi connectivity index (χ3v) is 4.67. The number of nitrogens with one attached hydrogen (secondary N) is 1. The van der Waals surface area contributed by atoms with E-state index in [2.05, 4.69) is 9.97 Å². The molecule has 3 aromatic carbocycles. The number of H-pyrrole nitrogens is 1. The first-order chi connectivity index (χ1) is 14.1. The number of carbonyl (C=O) groups is 1. The van der Waals surface area contributed by atoms with Gasteiger partial charge in [0.1, 0.15) is 11.4 Å². The number of carbonyl (C=O) groups excluding carboxylic acids is 1. The van der Waals surface area contributed by atoms with Crippen molar-refractivity contribution in [3.05, 3.63) is 106 Å². The molecule has 0 fully saturated rings. The van der Waals surface area contributed by atoms with E-state index >= 15 is 0 Å². The smallest absolute Gasteiger partial charge is 0.270 e. The Balaban J connectivity index is 1.66. The average Bonchev–Trinajstić information content (AvgIpc) is 2.75. The van der Waals surface area contributed by atoms with Gasteiger partial charge in [0.2, 0.25) is 0 Å². The van der Waals surface area contributed by atoms with E-state index in [-0.39, 0.29) is 11.3 Å². The van der Waals surface area contributed by atoms with Crippen molar-refractivity contribution in [1.29, 1.82) is 0 Å². The van der Waals surface area contributed by atoms with Gasteiger partial charge < -0.3 is 9.72 Å². The van der Waals surface area contributed by atoms with Gasteiger partial charge >= 0.3 is 0 Å². The predicted octanol–water partition coefficient (Wildman–Crippen LogP) is 4.14. The Hall–Kier alpha value is -3.73. The highest BCUT2D eigenvalue weighted by Crippen LogP contribution is 2.17. The van der Waals surface area contributed by atoms with Gasteiger partial charge in [-0.1, -0.05) is 42.5 Å². The molecular formula is C24H20N2O3. The fourth-order valence-corrected chi connectivity index (χ4v) is 3.20. The van der Waals surface area contributed by atoms with E-state index in [1.807, 2.05) is 49.4 Å². The van der Waals surface area contributed by atoms with Crippen molar-refractivity contribution in [2.24, 2.45) is 0 Å². The number of nitrogens with zero attached hydrogens (tertiary/aromatic N) is 1. The van der Waals surface area contributed by atoms with Crippen LogP contribution >= 0.6 is 0 Å². The lowest BCUT2D eigenvalue weighted by Crippen LogP contribution is -2.16. The molecule has 144 valence electrons. The molecule has 0 saturated carbocycles. The maximum atomic E-state index is 12.7. The molecule has 0 aliphatic heterocycles. The van der Waals surface area contributed by atoms with E-state index in [1.165, 1.54) is 0 Å². The minimum absolute atomic E-state index is 0.0754. The molecule has 1 N–H and O–H groups in total. The Morgan fingerprint density at radius 3 is 2.45 bits per heavy atom. The first-order valence-electron chi connectivity index (χ1n) is 9.48. The lowest BCUT2D eigenvalue weighted by molar-refractivity contribution is 0.103. The van der Waals surface area contributed by atoms with E-state index < -0.39 is 0 Å². The Morgan fingerprint density at radius 2 is 1.72 bits per heavy atom. The van der Waals surface area contributed by atoms with E-state index in [0.29, 0.717) is 40.9 Å². The molecule has 0 aliphatic rings. The molecule has 29 heavy (non-hydrogen) atoms. The second-order valence-corrected chi connectivity index (χ2v) is 6.69. The fraction of sp³-hybridized carbons (Fsp3) is 0.125. The number of rotatable bonds is 6.